The number of halogens is 1. The van der Waals surface area contributed by atoms with Crippen molar-refractivity contribution in [2.45, 2.75) is 38.3 Å². The summed E-state index contributed by atoms with van der Waals surface area (Å²) < 4.78 is 38.9. The van der Waals surface area contributed by atoms with Crippen LogP contribution in [-0.2, 0) is 27.9 Å². The van der Waals surface area contributed by atoms with Crippen LogP contribution >= 0.6 is 0 Å². The van der Waals surface area contributed by atoms with Gasteiger partial charge in [0, 0.05) is 18.8 Å². The van der Waals surface area contributed by atoms with Gasteiger partial charge in [-0.2, -0.15) is 0 Å². The summed E-state index contributed by atoms with van der Waals surface area (Å²) in [5.41, 5.74) is 3.86. The Balaban J connectivity index is 1.79. The lowest BCUT2D eigenvalue weighted by Crippen LogP contribution is -2.36. The molecule has 27 heavy (non-hydrogen) atoms. The second-order valence-electron chi connectivity index (χ2n) is 7.03. The topological polar surface area (TPSA) is 49.4 Å². The van der Waals surface area contributed by atoms with E-state index in [2.05, 4.69) is 23.7 Å². The zero-order valence-electron chi connectivity index (χ0n) is 15.8. The van der Waals surface area contributed by atoms with Crippen LogP contribution in [0.4, 0.5) is 10.1 Å². The Morgan fingerprint density at radius 1 is 1.15 bits per heavy atom. The number of nitrogens with one attached hydrogen (secondary N) is 1. The van der Waals surface area contributed by atoms with E-state index in [1.807, 2.05) is 18.2 Å². The molecule has 2 aromatic carbocycles. The van der Waals surface area contributed by atoms with Gasteiger partial charge >= 0.3 is 0 Å². The molecule has 0 atom stereocenters. The van der Waals surface area contributed by atoms with E-state index in [0.29, 0.717) is 17.7 Å². The van der Waals surface area contributed by atoms with Crippen molar-refractivity contribution < 1.29 is 12.8 Å². The summed E-state index contributed by atoms with van der Waals surface area (Å²) in [6, 6.07) is 10.3. The maximum Gasteiger partial charge on any atom is 0.158 e. The standard InChI is InChI=1S/C21H25FN2O2S/c1-4-9-24-16(3)23-12-19-10-17(7-8-21(19)24)13-27(25,26)14-18-6-5-15(2)20(22)11-18/h5-8,10-11,23H,3-4,9,12-14H2,1-2H3. The van der Waals surface area contributed by atoms with Gasteiger partial charge in [0.2, 0.25) is 0 Å². The number of anilines is 1. The van der Waals surface area contributed by atoms with Gasteiger partial charge in [-0.25, -0.2) is 12.8 Å². The molecule has 0 bridgehead atoms. The molecular weight excluding hydrogens is 363 g/mol. The molecule has 0 fully saturated rings. The number of nitrogens with zero attached hydrogens (tertiary/aromatic N) is 1. The van der Waals surface area contributed by atoms with Crippen molar-refractivity contribution in [1.29, 1.82) is 0 Å². The van der Waals surface area contributed by atoms with Gasteiger partial charge in [-0.05, 0) is 47.7 Å². The van der Waals surface area contributed by atoms with E-state index < -0.39 is 9.84 Å². The van der Waals surface area contributed by atoms with Crippen LogP contribution in [0.25, 0.3) is 0 Å². The minimum Gasteiger partial charge on any atom is -0.368 e. The molecule has 1 N–H and O–H groups in total. The largest absolute Gasteiger partial charge is 0.368 e. The maximum absolute atomic E-state index is 13.7. The molecule has 1 heterocycles. The SMILES string of the molecule is C=C1NCc2cc(CS(=O)(=O)Cc3ccc(C)c(F)c3)ccc2N1CCC. The molecular formula is C21H25FN2O2S. The third-order valence-corrected chi connectivity index (χ3v) is 6.25. The number of sulfone groups is 1. The zero-order chi connectivity index (χ0) is 19.6. The van der Waals surface area contributed by atoms with Crippen molar-refractivity contribution in [3.05, 3.63) is 76.9 Å². The van der Waals surface area contributed by atoms with Gasteiger partial charge in [-0.15, -0.1) is 0 Å². The Morgan fingerprint density at radius 2 is 1.81 bits per heavy atom. The normalized spacial score (nSPS) is 14.0. The van der Waals surface area contributed by atoms with Crippen molar-refractivity contribution in [2.24, 2.45) is 0 Å². The first-order valence-electron chi connectivity index (χ1n) is 9.06. The molecule has 0 radical (unpaired) electrons. The van der Waals surface area contributed by atoms with Crippen LogP contribution in [0.1, 0.15) is 35.6 Å². The molecule has 1 aliphatic rings. The van der Waals surface area contributed by atoms with E-state index in [0.717, 1.165) is 35.6 Å². The average molecular weight is 389 g/mol. The minimum absolute atomic E-state index is 0.0650. The second-order valence-corrected chi connectivity index (χ2v) is 9.10. The molecule has 4 nitrogen and oxygen atoms in total. The Bertz CT molecular complexity index is 970. The number of aryl methyl sites for hydroxylation is 1. The highest BCUT2D eigenvalue weighted by molar-refractivity contribution is 7.89. The van der Waals surface area contributed by atoms with Crippen LogP contribution in [-0.4, -0.2) is 15.0 Å². The van der Waals surface area contributed by atoms with Gasteiger partial charge in [-0.3, -0.25) is 0 Å². The highest BCUT2D eigenvalue weighted by Gasteiger charge is 2.21. The Hall–Kier alpha value is -2.34. The smallest absolute Gasteiger partial charge is 0.158 e. The molecule has 0 spiro atoms. The highest BCUT2D eigenvalue weighted by atomic mass is 32.2. The van der Waals surface area contributed by atoms with Crippen LogP contribution in [0.3, 0.4) is 0 Å². The Labute approximate surface area is 160 Å². The van der Waals surface area contributed by atoms with E-state index in [9.17, 15) is 12.8 Å². The van der Waals surface area contributed by atoms with Gasteiger partial charge in [0.1, 0.15) is 5.82 Å². The van der Waals surface area contributed by atoms with Gasteiger partial charge < -0.3 is 10.2 Å². The lowest BCUT2D eigenvalue weighted by atomic mass is 10.1. The lowest BCUT2D eigenvalue weighted by Gasteiger charge is -2.34. The molecule has 0 saturated carbocycles. The molecule has 0 aliphatic carbocycles. The monoisotopic (exact) mass is 388 g/mol. The van der Waals surface area contributed by atoms with Gasteiger partial charge in [-0.1, -0.05) is 37.8 Å². The van der Waals surface area contributed by atoms with Crippen molar-refractivity contribution in [2.75, 3.05) is 11.4 Å². The first kappa shape index (κ1) is 19.4. The Morgan fingerprint density at radius 3 is 2.48 bits per heavy atom. The summed E-state index contributed by atoms with van der Waals surface area (Å²) in [7, 11) is -3.40. The summed E-state index contributed by atoms with van der Waals surface area (Å²) in [6.45, 7) is 9.30. The molecule has 0 saturated heterocycles. The quantitative estimate of drug-likeness (QED) is 0.811. The van der Waals surface area contributed by atoms with E-state index >= 15 is 0 Å². The number of hydrogen-bond acceptors (Lipinski definition) is 4. The number of rotatable bonds is 6. The molecule has 3 rings (SSSR count). The summed E-state index contributed by atoms with van der Waals surface area (Å²) in [5, 5.41) is 3.25. The highest BCUT2D eigenvalue weighted by Crippen LogP contribution is 2.29. The third kappa shape index (κ3) is 4.50. The summed E-state index contributed by atoms with van der Waals surface area (Å²) in [6.07, 6.45) is 0.989. The fourth-order valence-electron chi connectivity index (χ4n) is 3.34. The molecule has 0 unspecified atom stereocenters. The third-order valence-electron chi connectivity index (χ3n) is 4.70. The zero-order valence-corrected chi connectivity index (χ0v) is 16.6. The minimum atomic E-state index is -3.40. The molecule has 0 aromatic heterocycles. The van der Waals surface area contributed by atoms with Crippen LogP contribution in [0.5, 0.6) is 0 Å². The Kier molecular flexibility index (Phi) is 5.56. The molecule has 0 amide bonds. The molecule has 144 valence electrons. The fraction of sp³-hybridized carbons (Fsp3) is 0.333. The first-order valence-corrected chi connectivity index (χ1v) is 10.9. The summed E-state index contributed by atoms with van der Waals surface area (Å²) >= 11 is 0. The van der Waals surface area contributed by atoms with Crippen LogP contribution in [0.15, 0.2) is 48.8 Å². The van der Waals surface area contributed by atoms with E-state index in [-0.39, 0.29) is 17.3 Å². The van der Waals surface area contributed by atoms with Crippen molar-refractivity contribution >= 4 is 15.5 Å². The van der Waals surface area contributed by atoms with E-state index in [1.165, 1.54) is 6.07 Å². The molecule has 2 aromatic rings. The predicted molar refractivity (Wildman–Crippen MR) is 108 cm³/mol. The van der Waals surface area contributed by atoms with E-state index in [4.69, 9.17) is 0 Å². The number of hydrogen-bond donors (Lipinski definition) is 1. The number of benzene rings is 2. The predicted octanol–water partition coefficient (Wildman–Crippen LogP) is 4.04. The van der Waals surface area contributed by atoms with Gasteiger partial charge in [0.25, 0.3) is 0 Å². The maximum atomic E-state index is 13.7. The molecule has 6 heteroatoms. The van der Waals surface area contributed by atoms with Crippen molar-refractivity contribution in [1.82, 2.24) is 5.32 Å². The number of fused-ring (bicyclic) bond motifs is 1. The summed E-state index contributed by atoms with van der Waals surface area (Å²) in [4.78, 5) is 2.12. The molecule has 1 aliphatic heterocycles. The first-order chi connectivity index (χ1) is 12.8. The van der Waals surface area contributed by atoms with E-state index in [1.54, 1.807) is 19.1 Å². The second kappa shape index (κ2) is 7.72. The van der Waals surface area contributed by atoms with Crippen LogP contribution in [0.2, 0.25) is 0 Å². The van der Waals surface area contributed by atoms with Gasteiger partial charge in [0.15, 0.2) is 9.84 Å². The fourth-order valence-corrected chi connectivity index (χ4v) is 4.81. The van der Waals surface area contributed by atoms with Crippen molar-refractivity contribution in [3.8, 4) is 0 Å². The van der Waals surface area contributed by atoms with Crippen molar-refractivity contribution in [3.63, 3.8) is 0 Å². The van der Waals surface area contributed by atoms with Crippen LogP contribution < -0.4 is 10.2 Å². The van der Waals surface area contributed by atoms with Gasteiger partial charge in [0.05, 0.1) is 17.3 Å². The van der Waals surface area contributed by atoms with Crippen LogP contribution in [0, 0.1) is 12.7 Å². The lowest BCUT2D eigenvalue weighted by molar-refractivity contribution is 0.593. The summed E-state index contributed by atoms with van der Waals surface area (Å²) in [5.74, 6) is 0.257. The average Bonchev–Trinajstić information content (AvgIpc) is 2.60.